The van der Waals surface area contributed by atoms with Crippen LogP contribution in [0.3, 0.4) is 0 Å². The van der Waals surface area contributed by atoms with Crippen molar-refractivity contribution in [2.45, 2.75) is 13.5 Å². The predicted molar refractivity (Wildman–Crippen MR) is 103 cm³/mol. The zero-order valence-electron chi connectivity index (χ0n) is 14.0. The van der Waals surface area contributed by atoms with E-state index in [-0.39, 0.29) is 18.3 Å². The highest BCUT2D eigenvalue weighted by atomic mass is 79.9. The summed E-state index contributed by atoms with van der Waals surface area (Å²) in [6, 6.07) is 13.8. The summed E-state index contributed by atoms with van der Waals surface area (Å²) in [5, 5.41) is 5.77. The lowest BCUT2D eigenvalue weighted by molar-refractivity contribution is 0.102. The van der Waals surface area contributed by atoms with Gasteiger partial charge in [0.1, 0.15) is 5.82 Å². The van der Waals surface area contributed by atoms with E-state index >= 15 is 0 Å². The molecule has 0 saturated heterocycles. The lowest BCUT2D eigenvalue weighted by Gasteiger charge is -2.10. The van der Waals surface area contributed by atoms with E-state index in [9.17, 15) is 9.18 Å². The van der Waals surface area contributed by atoms with Crippen LogP contribution in [0.25, 0.3) is 0 Å². The number of nitrogens with one attached hydrogen (secondary N) is 2. The van der Waals surface area contributed by atoms with Crippen molar-refractivity contribution in [3.8, 4) is 0 Å². The van der Waals surface area contributed by atoms with Gasteiger partial charge in [0.15, 0.2) is 0 Å². The number of hydrogen-bond donors (Lipinski definition) is 2. The Labute approximate surface area is 158 Å². The third-order valence-electron chi connectivity index (χ3n) is 3.70. The second-order valence-electron chi connectivity index (χ2n) is 5.60. The molecule has 2 N–H and O–H groups in total. The minimum atomic E-state index is -0.291. The van der Waals surface area contributed by atoms with Crippen molar-refractivity contribution in [3.05, 3.63) is 81.8 Å². The van der Waals surface area contributed by atoms with Crippen molar-refractivity contribution >= 4 is 33.5 Å². The Morgan fingerprint density at radius 3 is 2.73 bits per heavy atom. The molecule has 0 fully saturated rings. The van der Waals surface area contributed by atoms with E-state index in [1.807, 2.05) is 12.1 Å². The largest absolute Gasteiger partial charge is 0.350 e. The summed E-state index contributed by atoms with van der Waals surface area (Å²) in [4.78, 5) is 20.8. The number of carbonyl (C=O) groups excluding carboxylic acids is 1. The molecule has 0 atom stereocenters. The van der Waals surface area contributed by atoms with Crippen LogP contribution in [0.15, 0.2) is 59.2 Å². The highest BCUT2D eigenvalue weighted by Gasteiger charge is 2.12. The number of aromatic nitrogens is 2. The molecule has 3 aromatic rings. The quantitative estimate of drug-likeness (QED) is 0.642. The highest BCUT2D eigenvalue weighted by molar-refractivity contribution is 9.10. The maximum absolute atomic E-state index is 13.6. The van der Waals surface area contributed by atoms with E-state index in [0.717, 1.165) is 4.47 Å². The van der Waals surface area contributed by atoms with Gasteiger partial charge in [-0.3, -0.25) is 4.79 Å². The van der Waals surface area contributed by atoms with Gasteiger partial charge in [0.25, 0.3) is 5.91 Å². The van der Waals surface area contributed by atoms with Gasteiger partial charge < -0.3 is 10.6 Å². The minimum absolute atomic E-state index is 0.260. The zero-order chi connectivity index (χ0) is 18.5. The molecule has 0 aliphatic heterocycles. The minimum Gasteiger partial charge on any atom is -0.350 e. The number of anilines is 2. The Morgan fingerprint density at radius 1 is 1.19 bits per heavy atom. The molecule has 0 aliphatic carbocycles. The highest BCUT2D eigenvalue weighted by Crippen LogP contribution is 2.17. The Morgan fingerprint density at radius 2 is 2.00 bits per heavy atom. The Balaban J connectivity index is 1.69. The third-order valence-corrected chi connectivity index (χ3v) is 4.19. The lowest BCUT2D eigenvalue weighted by atomic mass is 10.2. The first-order valence-electron chi connectivity index (χ1n) is 7.91. The molecule has 0 radical (unpaired) electrons. The average molecular weight is 415 g/mol. The fourth-order valence-corrected chi connectivity index (χ4v) is 2.76. The van der Waals surface area contributed by atoms with Crippen LogP contribution in [0, 0.1) is 12.7 Å². The first-order chi connectivity index (χ1) is 12.5. The van der Waals surface area contributed by atoms with Crippen molar-refractivity contribution in [2.24, 2.45) is 0 Å². The van der Waals surface area contributed by atoms with Gasteiger partial charge in [0.2, 0.25) is 5.95 Å². The number of hydrogen-bond acceptors (Lipinski definition) is 4. The molecule has 0 saturated carbocycles. The number of carbonyl (C=O) groups is 1. The molecule has 0 spiro atoms. The van der Waals surface area contributed by atoms with E-state index in [1.165, 1.54) is 12.3 Å². The van der Waals surface area contributed by atoms with Crippen LogP contribution < -0.4 is 10.6 Å². The second kappa shape index (κ2) is 8.05. The normalized spacial score (nSPS) is 10.4. The van der Waals surface area contributed by atoms with Gasteiger partial charge in [-0.15, -0.1) is 0 Å². The van der Waals surface area contributed by atoms with Gasteiger partial charge >= 0.3 is 0 Å². The third kappa shape index (κ3) is 4.43. The fourth-order valence-electron chi connectivity index (χ4n) is 2.36. The smallest absolute Gasteiger partial charge is 0.259 e. The molecule has 7 heteroatoms. The summed E-state index contributed by atoms with van der Waals surface area (Å²) in [6.45, 7) is 1.99. The summed E-state index contributed by atoms with van der Waals surface area (Å²) >= 11 is 3.36. The number of rotatable bonds is 5. The first kappa shape index (κ1) is 18.0. The van der Waals surface area contributed by atoms with Gasteiger partial charge in [0, 0.05) is 28.5 Å². The Kier molecular flexibility index (Phi) is 5.58. The summed E-state index contributed by atoms with van der Waals surface area (Å²) < 4.78 is 14.5. The molecule has 132 valence electrons. The van der Waals surface area contributed by atoms with Crippen LogP contribution in [-0.2, 0) is 6.54 Å². The molecule has 1 heterocycles. The van der Waals surface area contributed by atoms with Crippen LogP contribution in [0.2, 0.25) is 0 Å². The van der Waals surface area contributed by atoms with Crippen LogP contribution in [0.5, 0.6) is 0 Å². The standard InChI is InChI=1S/C19H16BrFN4O/c1-12-16(18(26)25-15-7-4-6-14(20)9-15)11-23-19(24-12)22-10-13-5-2-3-8-17(13)21/h2-9,11H,10H2,1H3,(H,25,26)(H,22,23,24). The topological polar surface area (TPSA) is 66.9 Å². The maximum Gasteiger partial charge on any atom is 0.259 e. The SMILES string of the molecule is Cc1nc(NCc2ccccc2F)ncc1C(=O)Nc1cccc(Br)c1. The van der Waals surface area contributed by atoms with Crippen LogP contribution >= 0.6 is 15.9 Å². The molecule has 0 bridgehead atoms. The van der Waals surface area contributed by atoms with Gasteiger partial charge in [0.05, 0.1) is 11.3 Å². The Hall–Kier alpha value is -2.80. The number of nitrogens with zero attached hydrogens (tertiary/aromatic N) is 2. The zero-order valence-corrected chi connectivity index (χ0v) is 15.5. The molecular weight excluding hydrogens is 399 g/mol. The molecule has 2 aromatic carbocycles. The maximum atomic E-state index is 13.6. The van der Waals surface area contributed by atoms with Crippen molar-refractivity contribution in [3.63, 3.8) is 0 Å². The van der Waals surface area contributed by atoms with Crippen molar-refractivity contribution < 1.29 is 9.18 Å². The predicted octanol–water partition coefficient (Wildman–Crippen LogP) is 4.55. The summed E-state index contributed by atoms with van der Waals surface area (Å²) in [5.41, 5.74) is 2.10. The van der Waals surface area contributed by atoms with Crippen molar-refractivity contribution in [2.75, 3.05) is 10.6 Å². The number of aryl methyl sites for hydroxylation is 1. The van der Waals surface area contributed by atoms with Crippen LogP contribution in [-0.4, -0.2) is 15.9 Å². The van der Waals surface area contributed by atoms with Gasteiger partial charge in [-0.1, -0.05) is 40.2 Å². The molecule has 26 heavy (non-hydrogen) atoms. The molecule has 5 nitrogen and oxygen atoms in total. The molecule has 0 aliphatic rings. The van der Waals surface area contributed by atoms with Crippen LogP contribution in [0.1, 0.15) is 21.6 Å². The fraction of sp³-hybridized carbons (Fsp3) is 0.105. The van der Waals surface area contributed by atoms with E-state index in [1.54, 1.807) is 37.3 Å². The summed E-state index contributed by atoms with van der Waals surface area (Å²) in [5.74, 6) is -0.243. The van der Waals surface area contributed by atoms with Crippen molar-refractivity contribution in [1.29, 1.82) is 0 Å². The second-order valence-corrected chi connectivity index (χ2v) is 6.52. The van der Waals surface area contributed by atoms with E-state index in [2.05, 4.69) is 36.5 Å². The lowest BCUT2D eigenvalue weighted by Crippen LogP contribution is -2.16. The molecule has 1 aromatic heterocycles. The summed E-state index contributed by atoms with van der Waals surface area (Å²) in [7, 11) is 0. The van der Waals surface area contributed by atoms with Gasteiger partial charge in [-0.05, 0) is 31.2 Å². The molecule has 0 unspecified atom stereocenters. The average Bonchev–Trinajstić information content (AvgIpc) is 2.61. The molecular formula is C19H16BrFN4O. The van der Waals surface area contributed by atoms with E-state index < -0.39 is 0 Å². The van der Waals surface area contributed by atoms with Gasteiger partial charge in [-0.2, -0.15) is 0 Å². The van der Waals surface area contributed by atoms with Crippen LogP contribution in [0.4, 0.5) is 16.0 Å². The van der Waals surface area contributed by atoms with E-state index in [0.29, 0.717) is 28.5 Å². The molecule has 3 rings (SSSR count). The number of benzene rings is 2. The molecule has 1 amide bonds. The van der Waals surface area contributed by atoms with Gasteiger partial charge in [-0.25, -0.2) is 14.4 Å². The van der Waals surface area contributed by atoms with E-state index in [4.69, 9.17) is 0 Å². The Bertz CT molecular complexity index is 948. The number of amides is 1. The summed E-state index contributed by atoms with van der Waals surface area (Å²) in [6.07, 6.45) is 1.46. The van der Waals surface area contributed by atoms with Crippen molar-refractivity contribution in [1.82, 2.24) is 9.97 Å². The monoisotopic (exact) mass is 414 g/mol. The first-order valence-corrected chi connectivity index (χ1v) is 8.70. The number of halogens is 2.